The number of nitrogens with zero attached hydrogens (tertiary/aromatic N) is 1. The molecule has 1 aromatic carbocycles. The summed E-state index contributed by atoms with van der Waals surface area (Å²) in [6, 6.07) is 7.20. The third-order valence-electron chi connectivity index (χ3n) is 1.85. The number of halogens is 1. The average molecular weight is 209 g/mol. The summed E-state index contributed by atoms with van der Waals surface area (Å²) < 4.78 is 0. The highest BCUT2D eigenvalue weighted by molar-refractivity contribution is 6.29. The number of carbonyl (C=O) groups is 1. The van der Waals surface area contributed by atoms with Crippen LogP contribution in [0.1, 0.15) is 11.1 Å². The second-order valence-electron chi connectivity index (χ2n) is 2.77. The van der Waals surface area contributed by atoms with E-state index in [0.29, 0.717) is 11.3 Å². The quantitative estimate of drug-likeness (QED) is 0.757. The van der Waals surface area contributed by atoms with E-state index in [1.807, 2.05) is 6.07 Å². The number of amides is 1. The Labute approximate surface area is 87.3 Å². The monoisotopic (exact) mass is 208 g/mol. The minimum absolute atomic E-state index is 0.0871. The minimum Gasteiger partial charge on any atom is -0.325 e. The fraction of sp³-hybridized carbons (Fsp3) is 0.200. The molecule has 0 aliphatic carbocycles. The molecule has 14 heavy (non-hydrogen) atoms. The number of alkyl halides is 1. The van der Waals surface area contributed by atoms with Gasteiger partial charge in [0.1, 0.15) is 5.88 Å². The molecule has 0 heterocycles. The first-order valence-corrected chi connectivity index (χ1v) is 4.58. The van der Waals surface area contributed by atoms with Crippen molar-refractivity contribution in [3.8, 4) is 6.07 Å². The van der Waals surface area contributed by atoms with Crippen LogP contribution in [0.15, 0.2) is 18.2 Å². The van der Waals surface area contributed by atoms with E-state index in [4.69, 9.17) is 16.9 Å². The maximum absolute atomic E-state index is 11.0. The number of benzene rings is 1. The molecule has 0 saturated carbocycles. The van der Waals surface area contributed by atoms with Crippen molar-refractivity contribution in [3.05, 3.63) is 29.3 Å². The number of hydrogen-bond acceptors (Lipinski definition) is 2. The Kier molecular flexibility index (Phi) is 3.49. The van der Waals surface area contributed by atoms with Gasteiger partial charge in [0.15, 0.2) is 0 Å². The van der Waals surface area contributed by atoms with Gasteiger partial charge in [-0.25, -0.2) is 0 Å². The molecule has 0 aliphatic heterocycles. The standard InChI is InChI=1S/C10H9ClN2O/c1-7-8(6-12)3-2-4-9(7)13-10(14)5-11/h2-4H,5H2,1H3,(H,13,14). The number of nitrogens with one attached hydrogen (secondary N) is 1. The normalized spacial score (nSPS) is 9.21. The van der Waals surface area contributed by atoms with Gasteiger partial charge in [-0.15, -0.1) is 11.6 Å². The van der Waals surface area contributed by atoms with Gasteiger partial charge in [-0.1, -0.05) is 6.07 Å². The van der Waals surface area contributed by atoms with Gasteiger partial charge in [-0.2, -0.15) is 5.26 Å². The molecule has 1 N–H and O–H groups in total. The van der Waals surface area contributed by atoms with Crippen LogP contribution >= 0.6 is 11.6 Å². The van der Waals surface area contributed by atoms with Crippen LogP contribution in [-0.4, -0.2) is 11.8 Å². The Morgan fingerprint density at radius 2 is 2.36 bits per heavy atom. The summed E-state index contributed by atoms with van der Waals surface area (Å²) in [5, 5.41) is 11.4. The first-order chi connectivity index (χ1) is 6.69. The zero-order valence-corrected chi connectivity index (χ0v) is 8.43. The second kappa shape index (κ2) is 4.64. The molecule has 0 aromatic heterocycles. The van der Waals surface area contributed by atoms with Crippen molar-refractivity contribution in [2.75, 3.05) is 11.2 Å². The van der Waals surface area contributed by atoms with Gasteiger partial charge in [-0.05, 0) is 24.6 Å². The van der Waals surface area contributed by atoms with E-state index in [1.54, 1.807) is 25.1 Å². The summed E-state index contributed by atoms with van der Waals surface area (Å²) >= 11 is 5.35. The van der Waals surface area contributed by atoms with Crippen molar-refractivity contribution in [3.63, 3.8) is 0 Å². The van der Waals surface area contributed by atoms with Gasteiger partial charge in [0.25, 0.3) is 0 Å². The highest BCUT2D eigenvalue weighted by Crippen LogP contribution is 2.17. The van der Waals surface area contributed by atoms with E-state index in [9.17, 15) is 4.79 Å². The lowest BCUT2D eigenvalue weighted by atomic mass is 10.1. The Balaban J connectivity index is 2.99. The summed E-state index contributed by atoms with van der Waals surface area (Å²) in [5.74, 6) is -0.360. The van der Waals surface area contributed by atoms with Crippen molar-refractivity contribution in [2.45, 2.75) is 6.92 Å². The second-order valence-corrected chi connectivity index (χ2v) is 3.04. The molecule has 0 spiro atoms. The average Bonchev–Trinajstić information content (AvgIpc) is 2.21. The van der Waals surface area contributed by atoms with Gasteiger partial charge in [-0.3, -0.25) is 4.79 Å². The molecule has 0 saturated heterocycles. The number of hydrogen-bond donors (Lipinski definition) is 1. The summed E-state index contributed by atoms with van der Waals surface area (Å²) in [5.41, 5.74) is 1.94. The molecule has 1 rings (SSSR count). The van der Waals surface area contributed by atoms with Crippen molar-refractivity contribution < 1.29 is 4.79 Å². The Morgan fingerprint density at radius 3 is 2.93 bits per heavy atom. The summed E-state index contributed by atoms with van der Waals surface area (Å²) in [4.78, 5) is 11.0. The lowest BCUT2D eigenvalue weighted by molar-refractivity contribution is -0.113. The van der Waals surface area contributed by atoms with Crippen molar-refractivity contribution >= 4 is 23.2 Å². The smallest absolute Gasteiger partial charge is 0.239 e. The van der Waals surface area contributed by atoms with Gasteiger partial charge in [0.05, 0.1) is 11.6 Å². The van der Waals surface area contributed by atoms with Crippen LogP contribution in [0.3, 0.4) is 0 Å². The van der Waals surface area contributed by atoms with Gasteiger partial charge in [0, 0.05) is 5.69 Å². The SMILES string of the molecule is Cc1c(C#N)cccc1NC(=O)CCl. The van der Waals surface area contributed by atoms with E-state index in [-0.39, 0.29) is 11.8 Å². The van der Waals surface area contributed by atoms with Crippen LogP contribution < -0.4 is 5.32 Å². The summed E-state index contributed by atoms with van der Waals surface area (Å²) in [6.45, 7) is 1.78. The highest BCUT2D eigenvalue weighted by atomic mass is 35.5. The minimum atomic E-state index is -0.273. The van der Waals surface area contributed by atoms with Crippen LogP contribution in [0.4, 0.5) is 5.69 Å². The van der Waals surface area contributed by atoms with Crippen LogP contribution in [0.25, 0.3) is 0 Å². The van der Waals surface area contributed by atoms with Gasteiger partial charge < -0.3 is 5.32 Å². The third kappa shape index (κ3) is 2.24. The van der Waals surface area contributed by atoms with E-state index < -0.39 is 0 Å². The zero-order valence-electron chi connectivity index (χ0n) is 7.67. The Hall–Kier alpha value is -1.53. The number of anilines is 1. The molecule has 0 atom stereocenters. The van der Waals surface area contributed by atoms with E-state index in [0.717, 1.165) is 5.56 Å². The Bertz CT molecular complexity index is 396. The molecule has 0 bridgehead atoms. The van der Waals surface area contributed by atoms with E-state index >= 15 is 0 Å². The molecule has 0 unspecified atom stereocenters. The first kappa shape index (κ1) is 10.6. The van der Waals surface area contributed by atoms with Gasteiger partial charge >= 0.3 is 0 Å². The molecule has 1 aromatic rings. The van der Waals surface area contributed by atoms with Crippen LogP contribution in [0.5, 0.6) is 0 Å². The predicted molar refractivity (Wildman–Crippen MR) is 55.2 cm³/mol. The Morgan fingerprint density at radius 1 is 1.64 bits per heavy atom. The number of rotatable bonds is 2. The molecule has 1 amide bonds. The highest BCUT2D eigenvalue weighted by Gasteiger charge is 2.05. The summed E-state index contributed by atoms with van der Waals surface area (Å²) in [7, 11) is 0. The maximum Gasteiger partial charge on any atom is 0.239 e. The molecule has 4 heteroatoms. The van der Waals surface area contributed by atoms with Crippen LogP contribution in [0, 0.1) is 18.3 Å². The van der Waals surface area contributed by atoms with Crippen molar-refractivity contribution in [1.82, 2.24) is 0 Å². The zero-order chi connectivity index (χ0) is 10.6. The molecule has 3 nitrogen and oxygen atoms in total. The van der Waals surface area contributed by atoms with Crippen molar-refractivity contribution in [1.29, 1.82) is 5.26 Å². The molecule has 0 fully saturated rings. The number of nitriles is 1. The largest absolute Gasteiger partial charge is 0.325 e. The first-order valence-electron chi connectivity index (χ1n) is 4.04. The van der Waals surface area contributed by atoms with E-state index in [2.05, 4.69) is 5.32 Å². The molecular weight excluding hydrogens is 200 g/mol. The molecule has 0 radical (unpaired) electrons. The van der Waals surface area contributed by atoms with Gasteiger partial charge in [0.2, 0.25) is 5.91 Å². The fourth-order valence-corrected chi connectivity index (χ4v) is 1.14. The maximum atomic E-state index is 11.0. The van der Waals surface area contributed by atoms with Crippen molar-refractivity contribution in [2.24, 2.45) is 0 Å². The van der Waals surface area contributed by atoms with Crippen LogP contribution in [-0.2, 0) is 4.79 Å². The van der Waals surface area contributed by atoms with E-state index in [1.165, 1.54) is 0 Å². The molecule has 0 aliphatic rings. The lowest BCUT2D eigenvalue weighted by Crippen LogP contribution is -2.13. The predicted octanol–water partition coefficient (Wildman–Crippen LogP) is 2.04. The number of carbonyl (C=O) groups excluding carboxylic acids is 1. The molecular formula is C10H9ClN2O. The van der Waals surface area contributed by atoms with Crippen LogP contribution in [0.2, 0.25) is 0 Å². The molecule has 72 valence electrons. The fourth-order valence-electron chi connectivity index (χ4n) is 1.08. The lowest BCUT2D eigenvalue weighted by Gasteiger charge is -2.07. The summed E-state index contributed by atoms with van der Waals surface area (Å²) in [6.07, 6.45) is 0. The topological polar surface area (TPSA) is 52.9 Å². The third-order valence-corrected chi connectivity index (χ3v) is 2.09.